The lowest BCUT2D eigenvalue weighted by Crippen LogP contribution is -2.28. The number of thiophene rings is 1. The van der Waals surface area contributed by atoms with E-state index in [1.54, 1.807) is 0 Å². The summed E-state index contributed by atoms with van der Waals surface area (Å²) >= 11 is 1.52. The van der Waals surface area contributed by atoms with E-state index in [0.717, 1.165) is 52.5 Å². The van der Waals surface area contributed by atoms with Gasteiger partial charge in [-0.15, -0.1) is 11.3 Å². The highest BCUT2D eigenvalue weighted by molar-refractivity contribution is 7.18. The number of nitrogens with zero attached hydrogens (tertiary/aromatic N) is 5. The highest BCUT2D eigenvalue weighted by Crippen LogP contribution is 2.25. The number of amides is 1. The zero-order chi connectivity index (χ0) is 23.5. The summed E-state index contributed by atoms with van der Waals surface area (Å²) in [5, 5.41) is 3.61. The molecule has 3 aromatic heterocycles. The second kappa shape index (κ2) is 9.84. The number of aryl methyl sites for hydroxylation is 3. The minimum absolute atomic E-state index is 0.0962. The van der Waals surface area contributed by atoms with Crippen molar-refractivity contribution >= 4 is 44.4 Å². The van der Waals surface area contributed by atoms with E-state index < -0.39 is 0 Å². The van der Waals surface area contributed by atoms with E-state index in [2.05, 4.69) is 38.6 Å². The van der Waals surface area contributed by atoms with Crippen molar-refractivity contribution < 1.29 is 4.79 Å². The highest BCUT2D eigenvalue weighted by atomic mass is 32.1. The van der Waals surface area contributed by atoms with E-state index in [0.29, 0.717) is 11.3 Å². The van der Waals surface area contributed by atoms with Gasteiger partial charge in [0.15, 0.2) is 0 Å². The van der Waals surface area contributed by atoms with Gasteiger partial charge < -0.3 is 9.47 Å². The van der Waals surface area contributed by atoms with E-state index in [1.165, 1.54) is 22.2 Å². The lowest BCUT2D eigenvalue weighted by molar-refractivity contribution is -0.116. The smallest absolute Gasteiger partial charge is 0.262 e. The number of carbonyl (C=O) groups excluding carboxylic acids is 1. The van der Waals surface area contributed by atoms with Crippen molar-refractivity contribution in [1.82, 2.24) is 24.0 Å². The lowest BCUT2D eigenvalue weighted by atomic mass is 10.2. The maximum atomic E-state index is 12.9. The van der Waals surface area contributed by atoms with E-state index in [4.69, 9.17) is 0 Å². The average Bonchev–Trinajstić information content (AvgIpc) is 3.30. The number of rotatable bonds is 9. The molecule has 3 heterocycles. The quantitative estimate of drug-likeness (QED) is 0.406. The van der Waals surface area contributed by atoms with Crippen LogP contribution in [0.4, 0.5) is 5.95 Å². The summed E-state index contributed by atoms with van der Waals surface area (Å²) in [6, 6.07) is 7.89. The van der Waals surface area contributed by atoms with Crippen LogP contribution in [0.25, 0.3) is 21.3 Å². The zero-order valence-electron chi connectivity index (χ0n) is 19.6. The van der Waals surface area contributed by atoms with Gasteiger partial charge in [-0.3, -0.25) is 19.5 Å². The molecular formula is C24H30N6O2S. The van der Waals surface area contributed by atoms with Gasteiger partial charge in [0.1, 0.15) is 4.83 Å². The van der Waals surface area contributed by atoms with Crippen LogP contribution in [0.1, 0.15) is 30.7 Å². The Morgan fingerprint density at radius 3 is 2.67 bits per heavy atom. The molecule has 0 saturated heterocycles. The molecule has 1 amide bonds. The first kappa shape index (κ1) is 23.1. The number of anilines is 1. The largest absolute Gasteiger partial charge is 0.309 e. The van der Waals surface area contributed by atoms with Gasteiger partial charge in [-0.2, -0.15) is 0 Å². The molecule has 0 aliphatic rings. The third kappa shape index (κ3) is 4.69. The number of aromatic nitrogens is 4. The third-order valence-corrected chi connectivity index (χ3v) is 7.29. The Labute approximate surface area is 196 Å². The lowest BCUT2D eigenvalue weighted by Gasteiger charge is -2.19. The second-order valence-corrected chi connectivity index (χ2v) is 9.31. The van der Waals surface area contributed by atoms with Crippen molar-refractivity contribution in [3.8, 4) is 0 Å². The number of imidazole rings is 1. The molecule has 4 aromatic rings. The fourth-order valence-corrected chi connectivity index (χ4v) is 5.00. The highest BCUT2D eigenvalue weighted by Gasteiger charge is 2.16. The van der Waals surface area contributed by atoms with Crippen LogP contribution in [0.15, 0.2) is 35.4 Å². The van der Waals surface area contributed by atoms with Gasteiger partial charge in [0.05, 0.1) is 22.7 Å². The van der Waals surface area contributed by atoms with Crippen LogP contribution in [-0.2, 0) is 17.9 Å². The summed E-state index contributed by atoms with van der Waals surface area (Å²) in [4.78, 5) is 38.9. The number of fused-ring (bicyclic) bond motifs is 2. The summed E-state index contributed by atoms with van der Waals surface area (Å²) in [6.45, 7) is 12.0. The van der Waals surface area contributed by atoms with Gasteiger partial charge in [0, 0.05) is 30.9 Å². The van der Waals surface area contributed by atoms with Crippen molar-refractivity contribution in [2.75, 3.05) is 25.0 Å². The molecule has 8 nitrogen and oxygen atoms in total. The van der Waals surface area contributed by atoms with E-state index in [9.17, 15) is 9.59 Å². The Bertz CT molecular complexity index is 1350. The molecular weight excluding hydrogens is 436 g/mol. The Morgan fingerprint density at radius 1 is 1.15 bits per heavy atom. The molecule has 4 rings (SSSR count). The fraction of sp³-hybridized carbons (Fsp3) is 0.417. The molecule has 0 bridgehead atoms. The first-order valence-electron chi connectivity index (χ1n) is 11.4. The molecule has 0 saturated carbocycles. The maximum Gasteiger partial charge on any atom is 0.262 e. The summed E-state index contributed by atoms with van der Waals surface area (Å²) in [6.07, 6.45) is 1.70. The molecule has 0 fully saturated rings. The Hall–Kier alpha value is -3.04. The summed E-state index contributed by atoms with van der Waals surface area (Å²) in [7, 11) is 0. The van der Waals surface area contributed by atoms with Crippen LogP contribution >= 0.6 is 11.3 Å². The van der Waals surface area contributed by atoms with Crippen LogP contribution in [0.2, 0.25) is 0 Å². The van der Waals surface area contributed by atoms with E-state index in [-0.39, 0.29) is 24.4 Å². The number of likely N-dealkylation sites (N-methyl/N-ethyl adjacent to an activating group) is 1. The molecule has 0 aliphatic heterocycles. The fourth-order valence-electron chi connectivity index (χ4n) is 4.02. The normalized spacial score (nSPS) is 11.7. The SMILES string of the molecule is CCN(CC)CCn1c(NC(=O)CCn2cnc3sc(C)c(C)c3c2=O)nc2ccccc21. The standard InChI is InChI=1S/C24H30N6O2S/c1-5-28(6-2)13-14-30-19-10-8-7-9-18(19)26-24(30)27-20(31)11-12-29-15-25-22-21(23(29)32)16(3)17(4)33-22/h7-10,15H,5-6,11-14H2,1-4H3,(H,26,27,31). The monoisotopic (exact) mass is 466 g/mol. The van der Waals surface area contributed by atoms with Gasteiger partial charge >= 0.3 is 0 Å². The van der Waals surface area contributed by atoms with Gasteiger partial charge in [-0.05, 0) is 44.6 Å². The summed E-state index contributed by atoms with van der Waals surface area (Å²) in [5.74, 6) is 0.359. The number of carbonyl (C=O) groups is 1. The summed E-state index contributed by atoms with van der Waals surface area (Å²) in [5.41, 5.74) is 2.71. The van der Waals surface area contributed by atoms with Crippen LogP contribution in [0.3, 0.4) is 0 Å². The molecule has 9 heteroatoms. The molecule has 174 valence electrons. The Balaban J connectivity index is 1.50. The van der Waals surface area contributed by atoms with E-state index >= 15 is 0 Å². The van der Waals surface area contributed by atoms with Crippen molar-refractivity contribution in [1.29, 1.82) is 0 Å². The van der Waals surface area contributed by atoms with Crippen molar-refractivity contribution in [2.24, 2.45) is 0 Å². The van der Waals surface area contributed by atoms with Crippen molar-refractivity contribution in [3.05, 3.63) is 51.4 Å². The predicted octanol–water partition coefficient (Wildman–Crippen LogP) is 3.80. The molecule has 0 unspecified atom stereocenters. The van der Waals surface area contributed by atoms with Crippen molar-refractivity contribution in [3.63, 3.8) is 0 Å². The first-order valence-corrected chi connectivity index (χ1v) is 12.2. The molecule has 0 aliphatic carbocycles. The number of nitrogens with one attached hydrogen (secondary N) is 1. The van der Waals surface area contributed by atoms with Gasteiger partial charge in [-0.25, -0.2) is 9.97 Å². The molecule has 0 spiro atoms. The topological polar surface area (TPSA) is 85.0 Å². The molecule has 1 aromatic carbocycles. The third-order valence-electron chi connectivity index (χ3n) is 6.18. The maximum absolute atomic E-state index is 12.9. The number of benzene rings is 1. The number of hydrogen-bond acceptors (Lipinski definition) is 6. The zero-order valence-corrected chi connectivity index (χ0v) is 20.4. The molecule has 1 N–H and O–H groups in total. The Morgan fingerprint density at radius 2 is 1.91 bits per heavy atom. The predicted molar refractivity (Wildman–Crippen MR) is 134 cm³/mol. The number of hydrogen-bond donors (Lipinski definition) is 1. The van der Waals surface area contributed by atoms with Gasteiger partial charge in [0.2, 0.25) is 11.9 Å². The van der Waals surface area contributed by atoms with Gasteiger partial charge in [-0.1, -0.05) is 26.0 Å². The van der Waals surface area contributed by atoms with Crippen LogP contribution in [0, 0.1) is 13.8 Å². The molecule has 0 radical (unpaired) electrons. The van der Waals surface area contributed by atoms with Gasteiger partial charge in [0.25, 0.3) is 5.56 Å². The Kier molecular flexibility index (Phi) is 6.90. The molecule has 33 heavy (non-hydrogen) atoms. The van der Waals surface area contributed by atoms with Crippen LogP contribution in [0.5, 0.6) is 0 Å². The first-order chi connectivity index (χ1) is 15.9. The minimum Gasteiger partial charge on any atom is -0.309 e. The van der Waals surface area contributed by atoms with Crippen molar-refractivity contribution in [2.45, 2.75) is 47.2 Å². The van der Waals surface area contributed by atoms with E-state index in [1.807, 2.05) is 38.1 Å². The minimum atomic E-state index is -0.181. The second-order valence-electron chi connectivity index (χ2n) is 8.11. The number of para-hydroxylation sites is 2. The van der Waals surface area contributed by atoms with Crippen LogP contribution in [-0.4, -0.2) is 49.5 Å². The molecule has 0 atom stereocenters. The summed E-state index contributed by atoms with van der Waals surface area (Å²) < 4.78 is 3.58. The van der Waals surface area contributed by atoms with Crippen LogP contribution < -0.4 is 10.9 Å². The average molecular weight is 467 g/mol.